The van der Waals surface area contributed by atoms with E-state index in [1.165, 1.54) is 0 Å². The number of aromatic nitrogens is 1. The monoisotopic (exact) mass is 591 g/mol. The number of benzene rings is 1. The fraction of sp³-hybridized carbons (Fsp3) is 0.423. The quantitative estimate of drug-likeness (QED) is 0.103. The number of aromatic amines is 1. The van der Waals surface area contributed by atoms with Gasteiger partial charge in [0, 0.05) is 42.8 Å². The highest BCUT2D eigenvalue weighted by Gasteiger charge is 2.31. The average molecular weight is 592 g/mol. The molecule has 0 saturated carbocycles. The molecule has 16 heteroatoms. The number of aliphatic carboxylic acids is 4. The van der Waals surface area contributed by atoms with Crippen LogP contribution in [0.1, 0.15) is 44.1 Å². The molecule has 16 nitrogen and oxygen atoms in total. The third kappa shape index (κ3) is 10.5. The molecule has 1 aromatic heterocycles. The second-order valence-corrected chi connectivity index (χ2v) is 9.49. The summed E-state index contributed by atoms with van der Waals surface area (Å²) in [5.74, 6) is -8.17. The molecule has 0 radical (unpaired) electrons. The largest absolute Gasteiger partial charge is 0.481 e. The predicted molar refractivity (Wildman–Crippen MR) is 144 cm³/mol. The van der Waals surface area contributed by atoms with Crippen LogP contribution < -0.4 is 21.7 Å². The Hall–Kier alpha value is -4.99. The molecular formula is C26H33N5O11. The van der Waals surface area contributed by atoms with Crippen molar-refractivity contribution in [3.8, 4) is 0 Å². The van der Waals surface area contributed by atoms with Crippen molar-refractivity contribution < 1.29 is 54.0 Å². The predicted octanol–water partition coefficient (Wildman–Crippen LogP) is -0.829. The fourth-order valence-corrected chi connectivity index (χ4v) is 4.02. The number of hydrogen-bond donors (Lipinski definition) is 9. The topological polar surface area (TPSA) is 278 Å². The van der Waals surface area contributed by atoms with Crippen LogP contribution >= 0.6 is 0 Å². The van der Waals surface area contributed by atoms with Gasteiger partial charge in [0.05, 0.1) is 6.04 Å². The molecule has 0 aliphatic rings. The number of carbonyl (C=O) groups is 7. The van der Waals surface area contributed by atoms with Gasteiger partial charge in [-0.25, -0.2) is 4.79 Å². The van der Waals surface area contributed by atoms with Crippen molar-refractivity contribution in [1.29, 1.82) is 0 Å². The van der Waals surface area contributed by atoms with E-state index in [4.69, 9.17) is 21.1 Å². The van der Waals surface area contributed by atoms with Gasteiger partial charge in [-0.15, -0.1) is 0 Å². The van der Waals surface area contributed by atoms with E-state index in [1.54, 1.807) is 30.5 Å². The number of carboxylic acid groups (broad SMARTS) is 4. The van der Waals surface area contributed by atoms with Gasteiger partial charge in [-0.3, -0.25) is 28.8 Å². The molecule has 10 N–H and O–H groups in total. The Balaban J connectivity index is 2.30. The zero-order chi connectivity index (χ0) is 31.4. The molecule has 228 valence electrons. The van der Waals surface area contributed by atoms with Gasteiger partial charge in [-0.1, -0.05) is 18.2 Å². The van der Waals surface area contributed by atoms with E-state index in [1.807, 2.05) is 0 Å². The molecule has 1 aromatic carbocycles. The summed E-state index contributed by atoms with van der Waals surface area (Å²) in [7, 11) is 0. The number of rotatable bonds is 18. The van der Waals surface area contributed by atoms with Gasteiger partial charge in [0.2, 0.25) is 17.7 Å². The standard InChI is InChI=1S/C26H33N5O11/c27-15(5-8-20(32)33)23(38)31-19(11-13-12-28-16-4-2-1-3-14(13)16)25(40)29-17(6-9-21(34)35)24(39)30-18(26(41)42)7-10-22(36)37/h1-4,12,15,17-19,28H,5-11,27H2,(H,29,40)(H,30,39)(H,31,38)(H,32,33)(H,34,35)(H,36,37)(H,41,42). The minimum absolute atomic E-state index is 0.114. The highest BCUT2D eigenvalue weighted by molar-refractivity contribution is 5.95. The Morgan fingerprint density at radius 3 is 1.79 bits per heavy atom. The van der Waals surface area contributed by atoms with Crippen LogP contribution in [0, 0.1) is 0 Å². The highest BCUT2D eigenvalue weighted by Crippen LogP contribution is 2.19. The molecule has 0 fully saturated rings. The third-order valence-electron chi connectivity index (χ3n) is 6.28. The first-order valence-electron chi connectivity index (χ1n) is 12.9. The minimum Gasteiger partial charge on any atom is -0.481 e. The van der Waals surface area contributed by atoms with E-state index >= 15 is 0 Å². The highest BCUT2D eigenvalue weighted by atomic mass is 16.4. The second kappa shape index (κ2) is 15.7. The maximum absolute atomic E-state index is 13.4. The maximum Gasteiger partial charge on any atom is 0.326 e. The van der Waals surface area contributed by atoms with Gasteiger partial charge in [0.1, 0.15) is 18.1 Å². The van der Waals surface area contributed by atoms with Crippen LogP contribution in [-0.2, 0) is 40.0 Å². The van der Waals surface area contributed by atoms with Crippen LogP contribution in [0.2, 0.25) is 0 Å². The summed E-state index contributed by atoms with van der Waals surface area (Å²) in [5.41, 5.74) is 7.13. The summed E-state index contributed by atoms with van der Waals surface area (Å²) in [6, 6.07) is 1.24. The maximum atomic E-state index is 13.4. The number of nitrogens with two attached hydrogens (primary N) is 1. The summed E-state index contributed by atoms with van der Waals surface area (Å²) < 4.78 is 0. The first-order chi connectivity index (χ1) is 19.8. The summed E-state index contributed by atoms with van der Waals surface area (Å²) in [6.07, 6.45) is -1.23. The number of carboxylic acids is 4. The molecule has 4 unspecified atom stereocenters. The molecule has 0 spiro atoms. The SMILES string of the molecule is NC(CCC(=O)O)C(=O)NC(Cc1c[nH]c2ccccc12)C(=O)NC(CCC(=O)O)C(=O)NC(CCC(=O)O)C(=O)O. The van der Waals surface area contributed by atoms with Crippen LogP contribution in [0.5, 0.6) is 0 Å². The minimum atomic E-state index is -1.63. The lowest BCUT2D eigenvalue weighted by Crippen LogP contribution is -2.57. The lowest BCUT2D eigenvalue weighted by atomic mass is 10.0. The molecule has 42 heavy (non-hydrogen) atoms. The van der Waals surface area contributed by atoms with Crippen LogP contribution in [-0.4, -0.2) is 91.2 Å². The normalized spacial score (nSPS) is 13.7. The number of amides is 3. The van der Waals surface area contributed by atoms with Crippen molar-refractivity contribution in [2.24, 2.45) is 5.73 Å². The molecule has 0 saturated heterocycles. The van der Waals surface area contributed by atoms with Gasteiger partial charge in [-0.05, 0) is 30.9 Å². The summed E-state index contributed by atoms with van der Waals surface area (Å²) in [5, 5.41) is 43.9. The fourth-order valence-electron chi connectivity index (χ4n) is 4.02. The van der Waals surface area contributed by atoms with Crippen LogP contribution in [0.25, 0.3) is 10.9 Å². The van der Waals surface area contributed by atoms with Crippen LogP contribution in [0.4, 0.5) is 0 Å². The molecule has 3 amide bonds. The third-order valence-corrected chi connectivity index (χ3v) is 6.28. The number of fused-ring (bicyclic) bond motifs is 1. The smallest absolute Gasteiger partial charge is 0.326 e. The van der Waals surface area contributed by atoms with Gasteiger partial charge in [0.25, 0.3) is 0 Å². The van der Waals surface area contributed by atoms with Crippen molar-refractivity contribution in [3.63, 3.8) is 0 Å². The molecule has 1 heterocycles. The Labute approximate surface area is 238 Å². The van der Waals surface area contributed by atoms with E-state index in [0.717, 1.165) is 10.9 Å². The van der Waals surface area contributed by atoms with Crippen LogP contribution in [0.3, 0.4) is 0 Å². The Kier molecular flexibility index (Phi) is 12.4. The second-order valence-electron chi connectivity index (χ2n) is 9.49. The van der Waals surface area contributed by atoms with E-state index in [-0.39, 0.29) is 12.8 Å². The van der Waals surface area contributed by atoms with Crippen LogP contribution in [0.15, 0.2) is 30.5 Å². The first-order valence-corrected chi connectivity index (χ1v) is 12.9. The van der Waals surface area contributed by atoms with Crippen molar-refractivity contribution in [1.82, 2.24) is 20.9 Å². The van der Waals surface area contributed by atoms with E-state index < -0.39 is 97.9 Å². The molecule has 0 aliphatic carbocycles. The summed E-state index contributed by atoms with van der Waals surface area (Å²) in [4.78, 5) is 86.6. The Morgan fingerprint density at radius 2 is 1.19 bits per heavy atom. The first kappa shape index (κ1) is 33.2. The zero-order valence-electron chi connectivity index (χ0n) is 22.4. The van der Waals surface area contributed by atoms with Gasteiger partial charge >= 0.3 is 23.9 Å². The van der Waals surface area contributed by atoms with Crippen molar-refractivity contribution in [3.05, 3.63) is 36.0 Å². The van der Waals surface area contributed by atoms with Crippen molar-refractivity contribution >= 4 is 52.5 Å². The van der Waals surface area contributed by atoms with Gasteiger partial charge in [-0.2, -0.15) is 0 Å². The summed E-state index contributed by atoms with van der Waals surface area (Å²) >= 11 is 0. The van der Waals surface area contributed by atoms with Gasteiger partial charge in [0.15, 0.2) is 0 Å². The van der Waals surface area contributed by atoms with E-state index in [9.17, 15) is 38.7 Å². The number of carbonyl (C=O) groups excluding carboxylic acids is 3. The van der Waals surface area contributed by atoms with Crippen molar-refractivity contribution in [2.75, 3.05) is 0 Å². The molecule has 0 bridgehead atoms. The average Bonchev–Trinajstić information content (AvgIpc) is 3.33. The summed E-state index contributed by atoms with van der Waals surface area (Å²) in [6.45, 7) is 0. The Morgan fingerprint density at radius 1 is 0.690 bits per heavy atom. The number of H-pyrrole nitrogens is 1. The number of hydrogen-bond acceptors (Lipinski definition) is 8. The molecule has 2 aromatic rings. The Bertz CT molecular complexity index is 1320. The van der Waals surface area contributed by atoms with Gasteiger partial charge < -0.3 is 47.1 Å². The molecule has 4 atom stereocenters. The zero-order valence-corrected chi connectivity index (χ0v) is 22.4. The van der Waals surface area contributed by atoms with E-state index in [2.05, 4.69) is 20.9 Å². The molecular weight excluding hydrogens is 558 g/mol. The number of para-hydroxylation sites is 1. The van der Waals surface area contributed by atoms with E-state index in [0.29, 0.717) is 5.56 Å². The van der Waals surface area contributed by atoms with Crippen molar-refractivity contribution in [2.45, 2.75) is 69.1 Å². The lowest BCUT2D eigenvalue weighted by Gasteiger charge is -2.25. The molecule has 0 aliphatic heterocycles. The lowest BCUT2D eigenvalue weighted by molar-refractivity contribution is -0.144. The number of nitrogens with one attached hydrogen (secondary N) is 4. The molecule has 2 rings (SSSR count).